The van der Waals surface area contributed by atoms with E-state index >= 15 is 0 Å². The first kappa shape index (κ1) is 19.2. The quantitative estimate of drug-likeness (QED) is 0.668. The molecular formula is C15H23ClN4O3. The van der Waals surface area contributed by atoms with Gasteiger partial charge in [-0.1, -0.05) is 12.1 Å². The fourth-order valence-corrected chi connectivity index (χ4v) is 2.31. The minimum absolute atomic E-state index is 0. The van der Waals surface area contributed by atoms with Gasteiger partial charge in [0.25, 0.3) is 0 Å². The highest BCUT2D eigenvalue weighted by Crippen LogP contribution is 2.10. The molecule has 0 unspecified atom stereocenters. The number of aromatic nitrogens is 2. The van der Waals surface area contributed by atoms with Crippen molar-refractivity contribution in [3.63, 3.8) is 0 Å². The van der Waals surface area contributed by atoms with Crippen molar-refractivity contribution in [1.29, 1.82) is 0 Å². The Morgan fingerprint density at radius 3 is 2.57 bits per heavy atom. The minimum Gasteiger partial charge on any atom is -0.383 e. The van der Waals surface area contributed by atoms with Crippen LogP contribution < -0.4 is 16.3 Å². The summed E-state index contributed by atoms with van der Waals surface area (Å²) >= 11 is 0. The smallest absolute Gasteiger partial charge is 0.329 e. The van der Waals surface area contributed by atoms with E-state index in [1.54, 1.807) is 18.7 Å². The second kappa shape index (κ2) is 9.34. The third kappa shape index (κ3) is 4.82. The van der Waals surface area contributed by atoms with Crippen molar-refractivity contribution in [2.24, 2.45) is 7.05 Å². The van der Waals surface area contributed by atoms with Gasteiger partial charge in [-0.15, -0.1) is 12.4 Å². The first-order valence-electron chi connectivity index (χ1n) is 7.25. The summed E-state index contributed by atoms with van der Waals surface area (Å²) in [7, 11) is 3.35. The molecule has 128 valence electrons. The van der Waals surface area contributed by atoms with Crippen molar-refractivity contribution in [2.75, 3.05) is 33.4 Å². The maximum Gasteiger partial charge on any atom is 0.329 e. The van der Waals surface area contributed by atoms with Crippen LogP contribution in [0.25, 0.3) is 11.0 Å². The van der Waals surface area contributed by atoms with Gasteiger partial charge in [-0.25, -0.2) is 4.79 Å². The van der Waals surface area contributed by atoms with E-state index in [0.29, 0.717) is 19.7 Å². The molecule has 1 aromatic heterocycles. The second-order valence-electron chi connectivity index (χ2n) is 5.01. The lowest BCUT2D eigenvalue weighted by Gasteiger charge is -2.07. The summed E-state index contributed by atoms with van der Waals surface area (Å²) < 4.78 is 7.95. The Labute approximate surface area is 141 Å². The van der Waals surface area contributed by atoms with Gasteiger partial charge in [0.1, 0.15) is 6.54 Å². The highest BCUT2D eigenvalue weighted by molar-refractivity contribution is 5.85. The molecule has 1 amide bonds. The summed E-state index contributed by atoms with van der Waals surface area (Å²) in [5.41, 5.74) is 1.40. The summed E-state index contributed by atoms with van der Waals surface area (Å²) in [6, 6.07) is 7.44. The third-order valence-corrected chi connectivity index (χ3v) is 3.46. The number of ether oxygens (including phenoxy) is 1. The number of fused-ring (bicyclic) bond motifs is 1. The number of para-hydroxylation sites is 2. The zero-order chi connectivity index (χ0) is 15.9. The molecule has 2 aromatic rings. The van der Waals surface area contributed by atoms with Gasteiger partial charge in [0.15, 0.2) is 0 Å². The van der Waals surface area contributed by atoms with Crippen LogP contribution in [-0.2, 0) is 23.1 Å². The summed E-state index contributed by atoms with van der Waals surface area (Å²) in [4.78, 5) is 24.2. The largest absolute Gasteiger partial charge is 0.383 e. The number of hydrogen-bond donors (Lipinski definition) is 2. The topological polar surface area (TPSA) is 77.3 Å². The van der Waals surface area contributed by atoms with Gasteiger partial charge in [-0.05, 0) is 12.1 Å². The van der Waals surface area contributed by atoms with Crippen molar-refractivity contribution >= 4 is 29.3 Å². The molecular weight excluding hydrogens is 320 g/mol. The monoisotopic (exact) mass is 342 g/mol. The first-order chi connectivity index (χ1) is 10.6. The van der Waals surface area contributed by atoms with Gasteiger partial charge in [-0.2, -0.15) is 0 Å². The van der Waals surface area contributed by atoms with Gasteiger partial charge < -0.3 is 15.4 Å². The van der Waals surface area contributed by atoms with Crippen LogP contribution in [0.3, 0.4) is 0 Å². The fraction of sp³-hybridized carbons (Fsp3) is 0.467. The van der Waals surface area contributed by atoms with Crippen molar-refractivity contribution in [3.8, 4) is 0 Å². The van der Waals surface area contributed by atoms with Gasteiger partial charge in [0.2, 0.25) is 5.91 Å². The number of nitrogens with one attached hydrogen (secondary N) is 2. The molecule has 0 saturated heterocycles. The lowest BCUT2D eigenvalue weighted by atomic mass is 10.3. The predicted molar refractivity (Wildman–Crippen MR) is 92.2 cm³/mol. The molecule has 23 heavy (non-hydrogen) atoms. The zero-order valence-corrected chi connectivity index (χ0v) is 14.2. The first-order valence-corrected chi connectivity index (χ1v) is 7.25. The Hall–Kier alpha value is -1.83. The van der Waals surface area contributed by atoms with Crippen molar-refractivity contribution in [1.82, 2.24) is 19.8 Å². The number of aryl methyl sites for hydroxylation is 1. The van der Waals surface area contributed by atoms with E-state index in [2.05, 4.69) is 10.6 Å². The Morgan fingerprint density at radius 2 is 1.87 bits per heavy atom. The second-order valence-corrected chi connectivity index (χ2v) is 5.01. The molecule has 1 heterocycles. The van der Waals surface area contributed by atoms with Crippen LogP contribution in [0.15, 0.2) is 29.1 Å². The SMILES string of the molecule is COCCNCCNC(=O)Cn1c(=O)n(C)c2ccccc21.Cl. The average molecular weight is 343 g/mol. The van der Waals surface area contributed by atoms with Gasteiger partial charge >= 0.3 is 5.69 Å². The molecule has 0 spiro atoms. The van der Waals surface area contributed by atoms with Crippen LogP contribution in [0.5, 0.6) is 0 Å². The van der Waals surface area contributed by atoms with E-state index in [1.165, 1.54) is 4.57 Å². The number of rotatable bonds is 8. The number of nitrogens with zero attached hydrogens (tertiary/aromatic N) is 2. The molecule has 0 bridgehead atoms. The standard InChI is InChI=1S/C15H22N4O3.ClH/c1-18-12-5-3-4-6-13(12)19(15(18)21)11-14(20)17-8-7-16-9-10-22-2;/h3-6,16H,7-11H2,1-2H3,(H,17,20);1H. The van der Waals surface area contributed by atoms with Gasteiger partial charge in [0.05, 0.1) is 17.6 Å². The minimum atomic E-state index is -0.186. The number of amides is 1. The van der Waals surface area contributed by atoms with E-state index in [4.69, 9.17) is 4.74 Å². The van der Waals surface area contributed by atoms with Crippen LogP contribution in [0.1, 0.15) is 0 Å². The van der Waals surface area contributed by atoms with E-state index in [9.17, 15) is 9.59 Å². The molecule has 0 aliphatic heterocycles. The highest BCUT2D eigenvalue weighted by atomic mass is 35.5. The van der Waals surface area contributed by atoms with Crippen LogP contribution in [0.2, 0.25) is 0 Å². The normalized spacial score (nSPS) is 10.5. The number of benzene rings is 1. The Bertz CT molecular complexity index is 696. The van der Waals surface area contributed by atoms with Crippen molar-refractivity contribution in [3.05, 3.63) is 34.7 Å². The summed E-state index contributed by atoms with van der Waals surface area (Å²) in [5.74, 6) is -0.174. The lowest BCUT2D eigenvalue weighted by Crippen LogP contribution is -2.36. The van der Waals surface area contributed by atoms with E-state index in [-0.39, 0.29) is 30.5 Å². The molecule has 8 heteroatoms. The molecule has 1 aromatic carbocycles. The fourth-order valence-electron chi connectivity index (χ4n) is 2.31. The van der Waals surface area contributed by atoms with Gasteiger partial charge in [0, 0.05) is 33.8 Å². The van der Waals surface area contributed by atoms with E-state index in [0.717, 1.165) is 17.6 Å². The number of carbonyl (C=O) groups excluding carboxylic acids is 1. The molecule has 0 atom stereocenters. The maximum atomic E-state index is 12.2. The number of imidazole rings is 1. The predicted octanol–water partition coefficient (Wildman–Crippen LogP) is 0.114. The highest BCUT2D eigenvalue weighted by Gasteiger charge is 2.12. The van der Waals surface area contributed by atoms with Crippen molar-refractivity contribution < 1.29 is 9.53 Å². The zero-order valence-electron chi connectivity index (χ0n) is 13.4. The molecule has 0 aliphatic carbocycles. The van der Waals surface area contributed by atoms with Crippen LogP contribution in [-0.4, -0.2) is 48.4 Å². The molecule has 0 fully saturated rings. The number of hydrogen-bond acceptors (Lipinski definition) is 4. The average Bonchev–Trinajstić information content (AvgIpc) is 2.76. The summed E-state index contributed by atoms with van der Waals surface area (Å²) in [6.07, 6.45) is 0. The number of methoxy groups -OCH3 is 1. The molecule has 2 N–H and O–H groups in total. The number of halogens is 1. The Kier molecular flexibility index (Phi) is 7.80. The van der Waals surface area contributed by atoms with Crippen LogP contribution in [0, 0.1) is 0 Å². The Morgan fingerprint density at radius 1 is 1.17 bits per heavy atom. The van der Waals surface area contributed by atoms with E-state index in [1.807, 2.05) is 24.3 Å². The molecule has 0 radical (unpaired) electrons. The molecule has 7 nitrogen and oxygen atoms in total. The maximum absolute atomic E-state index is 12.2. The number of carbonyl (C=O) groups is 1. The molecule has 0 saturated carbocycles. The Balaban J connectivity index is 0.00000264. The summed E-state index contributed by atoms with van der Waals surface area (Å²) in [6.45, 7) is 2.59. The molecule has 0 aliphatic rings. The van der Waals surface area contributed by atoms with Gasteiger partial charge in [-0.3, -0.25) is 13.9 Å². The van der Waals surface area contributed by atoms with Crippen LogP contribution >= 0.6 is 12.4 Å². The lowest BCUT2D eigenvalue weighted by molar-refractivity contribution is -0.121. The van der Waals surface area contributed by atoms with Crippen LogP contribution in [0.4, 0.5) is 0 Å². The van der Waals surface area contributed by atoms with Crippen molar-refractivity contribution in [2.45, 2.75) is 6.54 Å². The molecule has 2 rings (SSSR count). The van der Waals surface area contributed by atoms with E-state index < -0.39 is 0 Å². The summed E-state index contributed by atoms with van der Waals surface area (Å²) in [5, 5.41) is 5.94. The third-order valence-electron chi connectivity index (χ3n) is 3.46.